The average Bonchev–Trinajstić information content (AvgIpc) is 2.80. The van der Waals surface area contributed by atoms with Crippen LogP contribution in [0.2, 0.25) is 0 Å². The van der Waals surface area contributed by atoms with Gasteiger partial charge >= 0.3 is 0 Å². The van der Waals surface area contributed by atoms with Crippen molar-refractivity contribution in [1.82, 2.24) is 0 Å². The van der Waals surface area contributed by atoms with Crippen LogP contribution >= 0.6 is 0 Å². The molecule has 11 heteroatoms. The Morgan fingerprint density at radius 3 is 1.43 bits per heavy atom. The van der Waals surface area contributed by atoms with E-state index >= 15 is 0 Å². The number of sulfonamides is 2. The van der Waals surface area contributed by atoms with E-state index < -0.39 is 30.7 Å². The molecule has 9 nitrogen and oxygen atoms in total. The summed E-state index contributed by atoms with van der Waals surface area (Å²) in [6, 6.07) is 15.7. The van der Waals surface area contributed by atoms with Crippen LogP contribution < -0.4 is 9.44 Å². The number of non-ortho nitro benzene ring substituents is 1. The molecule has 3 rings (SSSR count). The van der Waals surface area contributed by atoms with Crippen molar-refractivity contribution < 1.29 is 21.8 Å². The molecule has 3 aromatic rings. The maximum Gasteiger partial charge on any atom is 0.271 e. The van der Waals surface area contributed by atoms with Gasteiger partial charge in [0.1, 0.15) is 0 Å². The molecule has 0 radical (unpaired) electrons. The fourth-order valence-corrected chi connectivity index (χ4v) is 5.44. The number of anilines is 2. The lowest BCUT2D eigenvalue weighted by Crippen LogP contribution is -2.18. The Morgan fingerprint density at radius 1 is 0.657 bits per heavy atom. The van der Waals surface area contributed by atoms with Crippen LogP contribution in [0, 0.1) is 10.1 Å². The number of nitro groups is 1. The summed E-state index contributed by atoms with van der Waals surface area (Å²) in [7, 11) is -8.26. The first-order valence-corrected chi connectivity index (χ1v) is 13.8. The molecule has 35 heavy (non-hydrogen) atoms. The normalized spacial score (nSPS) is 12.1. The Balaban J connectivity index is 1.98. The minimum atomic E-state index is -4.16. The van der Waals surface area contributed by atoms with E-state index in [4.69, 9.17) is 0 Å². The van der Waals surface area contributed by atoms with E-state index in [9.17, 15) is 26.9 Å². The average molecular weight is 518 g/mol. The third-order valence-corrected chi connectivity index (χ3v) is 8.18. The van der Waals surface area contributed by atoms with Gasteiger partial charge in [0.15, 0.2) is 0 Å². The Morgan fingerprint density at radius 2 is 1.06 bits per heavy atom. The van der Waals surface area contributed by atoms with Crippen LogP contribution in [0.4, 0.5) is 17.1 Å². The van der Waals surface area contributed by atoms with Crippen molar-refractivity contribution in [1.29, 1.82) is 0 Å². The molecule has 3 aromatic carbocycles. The molecule has 0 aliphatic rings. The highest BCUT2D eigenvalue weighted by atomic mass is 32.2. The number of nitrogens with zero attached hydrogens (tertiary/aromatic N) is 1. The van der Waals surface area contributed by atoms with E-state index in [1.54, 1.807) is 24.3 Å². The SMILES string of the molecule is CC(C)c1ccc(S(=O)(=O)Nc2ccc([N+](=O)[O-])cc2NS(=O)(=O)c2ccc(C(C)C)cc2)cc1. The van der Waals surface area contributed by atoms with Gasteiger partial charge in [0, 0.05) is 12.1 Å². The standard InChI is InChI=1S/C24H27N3O6S2/c1-16(2)18-5-10-21(11-6-18)34(30,31)25-23-14-9-20(27(28)29)15-24(23)26-35(32,33)22-12-7-19(8-13-22)17(3)4/h5-17,25-26H,1-4H3. The minimum absolute atomic E-state index is 0.0293. The van der Waals surface area contributed by atoms with E-state index in [0.29, 0.717) is 0 Å². The Hall–Kier alpha value is -3.44. The summed E-state index contributed by atoms with van der Waals surface area (Å²) in [6.07, 6.45) is 0. The largest absolute Gasteiger partial charge is 0.277 e. The summed E-state index contributed by atoms with van der Waals surface area (Å²) < 4.78 is 56.6. The second-order valence-electron chi connectivity index (χ2n) is 8.65. The van der Waals surface area contributed by atoms with Crippen molar-refractivity contribution in [2.45, 2.75) is 49.3 Å². The quantitative estimate of drug-likeness (QED) is 0.286. The van der Waals surface area contributed by atoms with Gasteiger partial charge < -0.3 is 0 Å². The van der Waals surface area contributed by atoms with Crippen LogP contribution in [0.1, 0.15) is 50.7 Å². The van der Waals surface area contributed by atoms with Gasteiger partial charge in [-0.2, -0.15) is 0 Å². The molecule has 0 unspecified atom stereocenters. The molecule has 0 amide bonds. The first-order chi connectivity index (χ1) is 16.3. The van der Waals surface area contributed by atoms with Gasteiger partial charge in [-0.15, -0.1) is 0 Å². The third-order valence-electron chi connectivity index (χ3n) is 5.42. The second kappa shape index (κ2) is 10.0. The summed E-state index contributed by atoms with van der Waals surface area (Å²) in [4.78, 5) is 10.5. The van der Waals surface area contributed by atoms with Crippen molar-refractivity contribution in [2.75, 3.05) is 9.44 Å². The lowest BCUT2D eigenvalue weighted by atomic mass is 10.0. The highest BCUT2D eigenvalue weighted by Gasteiger charge is 2.22. The van der Waals surface area contributed by atoms with Crippen LogP contribution in [0.25, 0.3) is 0 Å². The van der Waals surface area contributed by atoms with Crippen molar-refractivity contribution in [3.05, 3.63) is 88.0 Å². The van der Waals surface area contributed by atoms with E-state index in [1.165, 1.54) is 24.3 Å². The van der Waals surface area contributed by atoms with E-state index in [-0.39, 0.29) is 33.0 Å². The van der Waals surface area contributed by atoms with Gasteiger partial charge in [0.2, 0.25) is 0 Å². The zero-order valence-electron chi connectivity index (χ0n) is 19.7. The summed E-state index contributed by atoms with van der Waals surface area (Å²) in [6.45, 7) is 7.90. The highest BCUT2D eigenvalue weighted by Crippen LogP contribution is 2.31. The molecule has 0 spiro atoms. The molecule has 0 saturated carbocycles. The Bertz CT molecular complexity index is 1430. The number of hydrogen-bond acceptors (Lipinski definition) is 6. The Kier molecular flexibility index (Phi) is 7.51. The Labute approximate surface area is 205 Å². The van der Waals surface area contributed by atoms with Crippen LogP contribution in [0.5, 0.6) is 0 Å². The summed E-state index contributed by atoms with van der Waals surface area (Å²) >= 11 is 0. The highest BCUT2D eigenvalue weighted by molar-refractivity contribution is 7.93. The lowest BCUT2D eigenvalue weighted by Gasteiger charge is -2.15. The molecule has 0 atom stereocenters. The zero-order valence-corrected chi connectivity index (χ0v) is 21.4. The molecule has 0 aliphatic carbocycles. The number of nitrogens with one attached hydrogen (secondary N) is 2. The summed E-state index contributed by atoms with van der Waals surface area (Å²) in [5.74, 6) is 0.414. The smallest absolute Gasteiger partial charge is 0.271 e. The molecular weight excluding hydrogens is 490 g/mol. The van der Waals surface area contributed by atoms with E-state index in [2.05, 4.69) is 9.44 Å². The van der Waals surface area contributed by atoms with Crippen molar-refractivity contribution in [2.24, 2.45) is 0 Å². The maximum atomic E-state index is 13.0. The topological polar surface area (TPSA) is 135 Å². The van der Waals surface area contributed by atoms with E-state index in [0.717, 1.165) is 29.3 Å². The number of rotatable bonds is 9. The predicted molar refractivity (Wildman–Crippen MR) is 136 cm³/mol. The molecule has 0 bridgehead atoms. The van der Waals surface area contributed by atoms with Gasteiger partial charge in [-0.3, -0.25) is 19.6 Å². The fraction of sp³-hybridized carbons (Fsp3) is 0.250. The monoisotopic (exact) mass is 517 g/mol. The van der Waals surface area contributed by atoms with Gasteiger partial charge in [0.05, 0.1) is 26.1 Å². The first kappa shape index (κ1) is 26.2. The van der Waals surface area contributed by atoms with Gasteiger partial charge in [0.25, 0.3) is 25.7 Å². The number of benzene rings is 3. The lowest BCUT2D eigenvalue weighted by molar-refractivity contribution is -0.384. The molecule has 186 valence electrons. The number of nitro benzene ring substituents is 1. The van der Waals surface area contributed by atoms with Gasteiger partial charge in [-0.25, -0.2) is 16.8 Å². The predicted octanol–water partition coefficient (Wildman–Crippen LogP) is 5.44. The second-order valence-corrected chi connectivity index (χ2v) is 12.0. The van der Waals surface area contributed by atoms with Crippen LogP contribution in [0.3, 0.4) is 0 Å². The first-order valence-electron chi connectivity index (χ1n) is 10.8. The zero-order chi connectivity index (χ0) is 26.0. The van der Waals surface area contributed by atoms with Crippen molar-refractivity contribution >= 4 is 37.1 Å². The van der Waals surface area contributed by atoms with Crippen molar-refractivity contribution in [3.8, 4) is 0 Å². The molecular formula is C24H27N3O6S2. The van der Waals surface area contributed by atoms with E-state index in [1.807, 2.05) is 27.7 Å². The molecule has 0 saturated heterocycles. The summed E-state index contributed by atoms with van der Waals surface area (Å²) in [5.41, 5.74) is 1.08. The number of hydrogen-bond donors (Lipinski definition) is 2. The van der Waals surface area contributed by atoms with Crippen LogP contribution in [-0.2, 0) is 20.0 Å². The van der Waals surface area contributed by atoms with Crippen LogP contribution in [0.15, 0.2) is 76.5 Å². The molecule has 0 heterocycles. The van der Waals surface area contributed by atoms with Gasteiger partial charge in [-0.1, -0.05) is 52.0 Å². The van der Waals surface area contributed by atoms with Crippen molar-refractivity contribution in [3.63, 3.8) is 0 Å². The molecule has 0 aromatic heterocycles. The maximum absolute atomic E-state index is 13.0. The van der Waals surface area contributed by atoms with Gasteiger partial charge in [-0.05, 0) is 53.3 Å². The fourth-order valence-electron chi connectivity index (χ4n) is 3.29. The molecule has 0 fully saturated rings. The van der Waals surface area contributed by atoms with Crippen LogP contribution in [-0.4, -0.2) is 21.8 Å². The molecule has 0 aliphatic heterocycles. The summed E-state index contributed by atoms with van der Waals surface area (Å²) in [5, 5.41) is 11.3. The molecule has 2 N–H and O–H groups in total. The minimum Gasteiger partial charge on any atom is -0.277 e. The third kappa shape index (κ3) is 6.17.